The zero-order chi connectivity index (χ0) is 14.8. The van der Waals surface area contributed by atoms with Crippen molar-refractivity contribution in [1.29, 1.82) is 5.26 Å². The molecule has 0 aliphatic heterocycles. The number of hydrogen-bond acceptors (Lipinski definition) is 2. The molecule has 2 aromatic rings. The maximum Gasteiger partial charge on any atom is 0.0992 e. The fourth-order valence-corrected chi connectivity index (χ4v) is 3.18. The first-order valence-corrected chi connectivity index (χ1v) is 7.63. The Hall–Kier alpha value is -1.69. The zero-order valence-electron chi connectivity index (χ0n) is 11.3. The van der Waals surface area contributed by atoms with E-state index >= 15 is 0 Å². The van der Waals surface area contributed by atoms with Crippen LogP contribution in [0.2, 0.25) is 10.0 Å². The van der Waals surface area contributed by atoms with Crippen molar-refractivity contribution in [2.45, 2.75) is 24.8 Å². The molecule has 0 radical (unpaired) electrons. The van der Waals surface area contributed by atoms with Gasteiger partial charge in [0.25, 0.3) is 0 Å². The summed E-state index contributed by atoms with van der Waals surface area (Å²) in [6, 6.07) is 15.8. The van der Waals surface area contributed by atoms with Gasteiger partial charge in [-0.05, 0) is 48.6 Å². The summed E-state index contributed by atoms with van der Waals surface area (Å²) in [5.74, 6) is 0.495. The Balaban J connectivity index is 1.66. The summed E-state index contributed by atoms with van der Waals surface area (Å²) in [4.78, 5) is 0. The second kappa shape index (κ2) is 5.97. The average molecular weight is 317 g/mol. The van der Waals surface area contributed by atoms with Gasteiger partial charge in [-0.25, -0.2) is 0 Å². The Labute approximate surface area is 134 Å². The van der Waals surface area contributed by atoms with E-state index in [1.54, 1.807) is 18.2 Å². The fraction of sp³-hybridized carbons (Fsp3) is 0.235. The predicted octanol–water partition coefficient (Wildman–Crippen LogP) is 5.22. The third-order valence-corrected chi connectivity index (χ3v) is 4.61. The molecule has 0 atom stereocenters. The molecule has 0 heterocycles. The maximum absolute atomic E-state index is 8.94. The Morgan fingerprint density at radius 1 is 1.05 bits per heavy atom. The molecule has 2 aromatic carbocycles. The van der Waals surface area contributed by atoms with Crippen LogP contribution in [0.4, 0.5) is 5.69 Å². The van der Waals surface area contributed by atoms with Crippen molar-refractivity contribution in [2.24, 2.45) is 0 Å². The first-order chi connectivity index (χ1) is 10.2. The summed E-state index contributed by atoms with van der Waals surface area (Å²) in [5.41, 5.74) is 2.66. The third-order valence-electron chi connectivity index (χ3n) is 3.94. The molecule has 0 aromatic heterocycles. The van der Waals surface area contributed by atoms with Crippen LogP contribution in [0.5, 0.6) is 0 Å². The van der Waals surface area contributed by atoms with E-state index < -0.39 is 0 Å². The number of anilines is 1. The highest BCUT2D eigenvalue weighted by Gasteiger charge is 2.31. The van der Waals surface area contributed by atoms with Crippen LogP contribution in [-0.4, -0.2) is 6.04 Å². The van der Waals surface area contributed by atoms with Crippen LogP contribution in [0, 0.1) is 11.3 Å². The number of nitrogens with one attached hydrogen (secondary N) is 1. The smallest absolute Gasteiger partial charge is 0.0992 e. The van der Waals surface area contributed by atoms with Crippen LogP contribution in [0.3, 0.4) is 0 Å². The summed E-state index contributed by atoms with van der Waals surface area (Å²) in [6.45, 7) is 0. The Kier molecular flexibility index (Phi) is 4.05. The van der Waals surface area contributed by atoms with Gasteiger partial charge in [0, 0.05) is 11.1 Å². The molecule has 106 valence electrons. The topological polar surface area (TPSA) is 35.8 Å². The van der Waals surface area contributed by atoms with Crippen LogP contribution >= 0.6 is 23.2 Å². The van der Waals surface area contributed by atoms with Crippen LogP contribution in [0.1, 0.15) is 29.9 Å². The number of rotatable bonds is 3. The van der Waals surface area contributed by atoms with Gasteiger partial charge in [-0.15, -0.1) is 0 Å². The third kappa shape index (κ3) is 3.00. The zero-order valence-corrected chi connectivity index (χ0v) is 12.8. The minimum Gasteiger partial charge on any atom is -0.381 e. The molecule has 0 bridgehead atoms. The van der Waals surface area contributed by atoms with E-state index in [-0.39, 0.29) is 0 Å². The van der Waals surface area contributed by atoms with E-state index in [0.29, 0.717) is 22.5 Å². The molecule has 0 amide bonds. The minimum absolute atomic E-state index is 0.373. The van der Waals surface area contributed by atoms with E-state index in [1.165, 1.54) is 5.56 Å². The molecule has 1 N–H and O–H groups in total. The van der Waals surface area contributed by atoms with Crippen LogP contribution < -0.4 is 5.32 Å². The lowest BCUT2D eigenvalue weighted by Crippen LogP contribution is -2.34. The molecule has 1 aliphatic carbocycles. The second-order valence-corrected chi connectivity index (χ2v) is 6.15. The molecule has 1 saturated carbocycles. The van der Waals surface area contributed by atoms with Gasteiger partial charge >= 0.3 is 0 Å². The minimum atomic E-state index is 0.373. The summed E-state index contributed by atoms with van der Waals surface area (Å²) >= 11 is 12.4. The van der Waals surface area contributed by atoms with Crippen molar-refractivity contribution in [3.05, 3.63) is 63.6 Å². The van der Waals surface area contributed by atoms with Crippen molar-refractivity contribution in [3.8, 4) is 6.07 Å². The van der Waals surface area contributed by atoms with Gasteiger partial charge in [-0.1, -0.05) is 41.4 Å². The molecule has 1 fully saturated rings. The lowest BCUT2D eigenvalue weighted by Gasteiger charge is -2.37. The van der Waals surface area contributed by atoms with Crippen LogP contribution in [0.25, 0.3) is 0 Å². The summed E-state index contributed by atoms with van der Waals surface area (Å²) in [5, 5.41) is 13.8. The highest BCUT2D eigenvalue weighted by Crippen LogP contribution is 2.41. The lowest BCUT2D eigenvalue weighted by molar-refractivity contribution is 0.374. The monoisotopic (exact) mass is 316 g/mol. The van der Waals surface area contributed by atoms with Gasteiger partial charge < -0.3 is 5.32 Å². The predicted molar refractivity (Wildman–Crippen MR) is 87.0 cm³/mol. The lowest BCUT2D eigenvalue weighted by atomic mass is 9.76. The molecule has 3 rings (SSSR count). The molecule has 0 unspecified atom stereocenters. The Morgan fingerprint density at radius 3 is 2.52 bits per heavy atom. The Morgan fingerprint density at radius 2 is 1.81 bits per heavy atom. The fourth-order valence-electron chi connectivity index (χ4n) is 2.72. The SMILES string of the molecule is N#Cc1ccc(Cl)c(NC2CC(c3ccccc3Cl)C2)c1. The number of hydrogen-bond donors (Lipinski definition) is 1. The van der Waals surface area contributed by atoms with Gasteiger partial charge in [0.1, 0.15) is 0 Å². The van der Waals surface area contributed by atoms with Crippen molar-refractivity contribution in [1.82, 2.24) is 0 Å². The van der Waals surface area contributed by atoms with Gasteiger partial charge in [0.05, 0.1) is 22.3 Å². The summed E-state index contributed by atoms with van der Waals surface area (Å²) in [7, 11) is 0. The van der Waals surface area contributed by atoms with E-state index in [9.17, 15) is 0 Å². The molecule has 0 saturated heterocycles. The first-order valence-electron chi connectivity index (χ1n) is 6.88. The van der Waals surface area contributed by atoms with Crippen LogP contribution in [-0.2, 0) is 0 Å². The van der Waals surface area contributed by atoms with Crippen molar-refractivity contribution in [2.75, 3.05) is 5.32 Å². The summed E-state index contributed by atoms with van der Waals surface area (Å²) in [6.07, 6.45) is 2.05. The van der Waals surface area contributed by atoms with Gasteiger partial charge in [0.2, 0.25) is 0 Å². The number of nitriles is 1. The molecule has 21 heavy (non-hydrogen) atoms. The molecule has 0 spiro atoms. The largest absolute Gasteiger partial charge is 0.381 e. The molecule has 4 heteroatoms. The van der Waals surface area contributed by atoms with Gasteiger partial charge in [-0.2, -0.15) is 5.26 Å². The number of halogens is 2. The van der Waals surface area contributed by atoms with E-state index in [4.69, 9.17) is 28.5 Å². The summed E-state index contributed by atoms with van der Waals surface area (Å²) < 4.78 is 0. The average Bonchev–Trinajstić information content (AvgIpc) is 2.45. The van der Waals surface area contributed by atoms with Crippen molar-refractivity contribution < 1.29 is 0 Å². The second-order valence-electron chi connectivity index (χ2n) is 5.34. The normalized spacial score (nSPS) is 20.4. The Bertz CT molecular complexity index is 700. The number of benzene rings is 2. The molecular weight excluding hydrogens is 303 g/mol. The van der Waals surface area contributed by atoms with E-state index in [0.717, 1.165) is 23.6 Å². The maximum atomic E-state index is 8.94. The molecule has 2 nitrogen and oxygen atoms in total. The van der Waals surface area contributed by atoms with Crippen molar-refractivity contribution >= 4 is 28.9 Å². The van der Waals surface area contributed by atoms with Crippen molar-refractivity contribution in [3.63, 3.8) is 0 Å². The quantitative estimate of drug-likeness (QED) is 0.842. The van der Waals surface area contributed by atoms with E-state index in [2.05, 4.69) is 17.5 Å². The first kappa shape index (κ1) is 14.3. The highest BCUT2D eigenvalue weighted by molar-refractivity contribution is 6.33. The van der Waals surface area contributed by atoms with E-state index in [1.807, 2.05) is 18.2 Å². The molecular formula is C17H14Cl2N2. The molecule has 1 aliphatic rings. The standard InChI is InChI=1S/C17H14Cl2N2/c18-15-4-2-1-3-14(15)12-8-13(9-12)21-17-7-11(10-20)5-6-16(17)19/h1-7,12-13,21H,8-9H2. The number of nitrogens with zero attached hydrogens (tertiary/aromatic N) is 1. The highest BCUT2D eigenvalue weighted by atomic mass is 35.5. The van der Waals surface area contributed by atoms with Gasteiger partial charge in [0.15, 0.2) is 0 Å². The van der Waals surface area contributed by atoms with Gasteiger partial charge in [-0.3, -0.25) is 0 Å². The van der Waals surface area contributed by atoms with Crippen LogP contribution in [0.15, 0.2) is 42.5 Å².